The molecule has 0 radical (unpaired) electrons. The van der Waals surface area contributed by atoms with E-state index in [1.807, 2.05) is 0 Å². The number of allylic oxidation sites excluding steroid dienone is 1. The lowest BCUT2D eigenvalue weighted by Crippen LogP contribution is -2.19. The predicted molar refractivity (Wildman–Crippen MR) is 37.2 cm³/mol. The number of alkyl halides is 1. The van der Waals surface area contributed by atoms with Crippen LogP contribution >= 0.6 is 11.6 Å². The maximum Gasteiger partial charge on any atom is 0.170 e. The van der Waals surface area contributed by atoms with E-state index in [9.17, 15) is 8.42 Å². The summed E-state index contributed by atoms with van der Waals surface area (Å²) in [6, 6.07) is 0. The summed E-state index contributed by atoms with van der Waals surface area (Å²) in [5.74, 6) is 0.192. The van der Waals surface area contributed by atoms with Gasteiger partial charge in [-0.2, -0.15) is 0 Å². The van der Waals surface area contributed by atoms with E-state index < -0.39 is 14.5 Å². The summed E-state index contributed by atoms with van der Waals surface area (Å²) in [4.78, 5) is 0. The van der Waals surface area contributed by atoms with Crippen LogP contribution in [0.2, 0.25) is 0 Å². The number of hydrogen-bond acceptors (Lipinski definition) is 2. The maximum absolute atomic E-state index is 10.8. The average molecular weight is 167 g/mol. The van der Waals surface area contributed by atoms with Crippen molar-refractivity contribution in [1.82, 2.24) is 0 Å². The highest BCUT2D eigenvalue weighted by Crippen LogP contribution is 2.15. The Hall–Kier alpha value is -0.0200. The third kappa shape index (κ3) is 1.46. The lowest BCUT2D eigenvalue weighted by molar-refractivity contribution is 0.594. The van der Waals surface area contributed by atoms with Crippen molar-refractivity contribution >= 4 is 21.4 Å². The zero-order valence-electron chi connectivity index (χ0n) is 4.75. The molecular weight excluding hydrogens is 160 g/mol. The Balaban J connectivity index is 2.92. The molecule has 1 unspecified atom stereocenters. The van der Waals surface area contributed by atoms with Crippen LogP contribution in [0.15, 0.2) is 12.2 Å². The highest BCUT2D eigenvalue weighted by Gasteiger charge is 2.21. The second-order valence-electron chi connectivity index (χ2n) is 1.93. The summed E-state index contributed by atoms with van der Waals surface area (Å²) in [5.41, 5.74) is 0. The Kier molecular flexibility index (Phi) is 1.82. The fraction of sp³-hybridized carbons (Fsp3) is 0.600. The van der Waals surface area contributed by atoms with Crippen molar-refractivity contribution in [2.75, 3.05) is 5.75 Å². The van der Waals surface area contributed by atoms with Gasteiger partial charge >= 0.3 is 0 Å². The normalized spacial score (nSPS) is 32.3. The van der Waals surface area contributed by atoms with Crippen LogP contribution in [0.25, 0.3) is 0 Å². The molecule has 0 fully saturated rings. The molecule has 0 aromatic rings. The fourth-order valence-corrected chi connectivity index (χ4v) is 2.08. The Morgan fingerprint density at radius 2 is 2.22 bits per heavy atom. The molecule has 1 aliphatic heterocycles. The smallest absolute Gasteiger partial charge is 0.170 e. The van der Waals surface area contributed by atoms with Gasteiger partial charge < -0.3 is 0 Å². The number of sulfone groups is 1. The largest absolute Gasteiger partial charge is 0.227 e. The van der Waals surface area contributed by atoms with E-state index in [1.54, 1.807) is 6.08 Å². The van der Waals surface area contributed by atoms with Gasteiger partial charge in [0, 0.05) is 0 Å². The zero-order valence-corrected chi connectivity index (χ0v) is 6.32. The van der Waals surface area contributed by atoms with E-state index in [2.05, 4.69) is 0 Å². The molecule has 1 atom stereocenters. The summed E-state index contributed by atoms with van der Waals surface area (Å²) in [7, 11) is -2.98. The average Bonchev–Trinajstić information content (AvgIpc) is 1.77. The molecule has 0 aromatic carbocycles. The summed E-state index contributed by atoms with van der Waals surface area (Å²) < 4.78 is 20.8. The Bertz CT molecular complexity index is 217. The minimum absolute atomic E-state index is 0.192. The standard InChI is InChI=1S/C5H7ClO2S/c6-5-3-1-2-4-9(5,7)8/h1,3,5H,2,4H2. The molecule has 52 valence electrons. The van der Waals surface area contributed by atoms with Crippen LogP contribution in [0.5, 0.6) is 0 Å². The van der Waals surface area contributed by atoms with Crippen molar-refractivity contribution in [3.05, 3.63) is 12.2 Å². The summed E-state index contributed by atoms with van der Waals surface area (Å²) in [5, 5.41) is 0. The molecule has 1 aliphatic rings. The molecule has 0 saturated heterocycles. The van der Waals surface area contributed by atoms with Crippen LogP contribution in [0.1, 0.15) is 6.42 Å². The van der Waals surface area contributed by atoms with Crippen molar-refractivity contribution in [2.45, 2.75) is 11.1 Å². The first-order valence-corrected chi connectivity index (χ1v) is 4.80. The topological polar surface area (TPSA) is 34.1 Å². The van der Waals surface area contributed by atoms with Gasteiger partial charge in [0.1, 0.15) is 0 Å². The highest BCUT2D eigenvalue weighted by atomic mass is 35.5. The number of rotatable bonds is 0. The molecule has 0 aromatic heterocycles. The second-order valence-corrected chi connectivity index (χ2v) is 4.91. The molecule has 0 spiro atoms. The first-order valence-electron chi connectivity index (χ1n) is 2.65. The van der Waals surface area contributed by atoms with E-state index in [1.165, 1.54) is 6.08 Å². The molecule has 0 N–H and O–H groups in total. The lowest BCUT2D eigenvalue weighted by Gasteiger charge is -2.09. The predicted octanol–water partition coefficient (Wildman–Crippen LogP) is 0.926. The van der Waals surface area contributed by atoms with Gasteiger partial charge in [-0.05, 0) is 6.42 Å². The molecule has 0 amide bonds. The molecule has 1 rings (SSSR count). The molecule has 1 heterocycles. The zero-order chi connectivity index (χ0) is 6.91. The summed E-state index contributed by atoms with van der Waals surface area (Å²) in [6.45, 7) is 0. The van der Waals surface area contributed by atoms with Gasteiger partial charge in [-0.15, -0.1) is 11.6 Å². The van der Waals surface area contributed by atoms with Gasteiger partial charge in [0.2, 0.25) is 0 Å². The molecule has 4 heteroatoms. The minimum atomic E-state index is -2.98. The van der Waals surface area contributed by atoms with E-state index in [-0.39, 0.29) is 5.75 Å². The third-order valence-electron chi connectivity index (χ3n) is 1.20. The third-order valence-corrected chi connectivity index (χ3v) is 3.81. The Morgan fingerprint density at radius 3 is 2.56 bits per heavy atom. The highest BCUT2D eigenvalue weighted by molar-refractivity contribution is 7.93. The number of hydrogen-bond donors (Lipinski definition) is 0. The molecule has 2 nitrogen and oxygen atoms in total. The van der Waals surface area contributed by atoms with Crippen LogP contribution in [0, 0.1) is 0 Å². The maximum atomic E-state index is 10.8. The van der Waals surface area contributed by atoms with Crippen molar-refractivity contribution in [1.29, 1.82) is 0 Å². The molecule has 0 saturated carbocycles. The van der Waals surface area contributed by atoms with Gasteiger partial charge in [-0.1, -0.05) is 12.2 Å². The first kappa shape index (κ1) is 7.09. The summed E-state index contributed by atoms with van der Waals surface area (Å²) in [6.07, 6.45) is 3.91. The van der Waals surface area contributed by atoms with Crippen molar-refractivity contribution in [2.24, 2.45) is 0 Å². The SMILES string of the molecule is O=S1(=O)CCC=CC1Cl. The van der Waals surface area contributed by atoms with E-state index in [0.717, 1.165) is 0 Å². The Morgan fingerprint density at radius 1 is 1.56 bits per heavy atom. The molecule has 0 bridgehead atoms. The Labute approximate surface area is 59.4 Å². The van der Waals surface area contributed by atoms with Crippen LogP contribution in [-0.2, 0) is 9.84 Å². The molecule has 9 heavy (non-hydrogen) atoms. The van der Waals surface area contributed by atoms with Gasteiger partial charge in [-0.25, -0.2) is 8.42 Å². The molecular formula is C5H7ClO2S. The van der Waals surface area contributed by atoms with Crippen molar-refractivity contribution < 1.29 is 8.42 Å². The lowest BCUT2D eigenvalue weighted by atomic mass is 10.4. The first-order chi connectivity index (χ1) is 4.13. The van der Waals surface area contributed by atoms with E-state index in [4.69, 9.17) is 11.6 Å². The van der Waals surface area contributed by atoms with Crippen molar-refractivity contribution in [3.63, 3.8) is 0 Å². The van der Waals surface area contributed by atoms with Crippen LogP contribution in [-0.4, -0.2) is 18.9 Å². The van der Waals surface area contributed by atoms with Gasteiger partial charge in [0.05, 0.1) is 5.75 Å². The van der Waals surface area contributed by atoms with Crippen LogP contribution in [0.4, 0.5) is 0 Å². The van der Waals surface area contributed by atoms with E-state index >= 15 is 0 Å². The van der Waals surface area contributed by atoms with Crippen molar-refractivity contribution in [3.8, 4) is 0 Å². The van der Waals surface area contributed by atoms with E-state index in [0.29, 0.717) is 6.42 Å². The second kappa shape index (κ2) is 2.31. The minimum Gasteiger partial charge on any atom is -0.227 e. The fourth-order valence-electron chi connectivity index (χ4n) is 0.668. The molecule has 0 aliphatic carbocycles. The quantitative estimate of drug-likeness (QED) is 0.396. The van der Waals surface area contributed by atoms with Gasteiger partial charge in [-0.3, -0.25) is 0 Å². The number of halogens is 1. The summed E-state index contributed by atoms with van der Waals surface area (Å²) >= 11 is 5.43. The monoisotopic (exact) mass is 166 g/mol. The van der Waals surface area contributed by atoms with Gasteiger partial charge in [0.25, 0.3) is 0 Å². The van der Waals surface area contributed by atoms with Gasteiger partial charge in [0.15, 0.2) is 14.5 Å². The van der Waals surface area contributed by atoms with Crippen LogP contribution in [0.3, 0.4) is 0 Å². The van der Waals surface area contributed by atoms with Crippen LogP contribution < -0.4 is 0 Å².